The summed E-state index contributed by atoms with van der Waals surface area (Å²) in [6, 6.07) is 21.6. The zero-order valence-corrected chi connectivity index (χ0v) is 27.7. The van der Waals surface area contributed by atoms with E-state index in [1.54, 1.807) is 0 Å². The van der Waals surface area contributed by atoms with Crippen molar-refractivity contribution in [1.82, 2.24) is 0 Å². The van der Waals surface area contributed by atoms with Gasteiger partial charge < -0.3 is 0 Å². The van der Waals surface area contributed by atoms with Gasteiger partial charge in [-0.3, -0.25) is 0 Å². The molecule has 0 nitrogen and oxygen atoms in total. The third-order valence-electron chi connectivity index (χ3n) is 5.64. The molecule has 0 aromatic heterocycles. The molecule has 0 unspecified atom stereocenters. The van der Waals surface area contributed by atoms with Crippen molar-refractivity contribution in [2.75, 3.05) is 0 Å². The molecule has 200 valence electrons. The molecule has 4 aliphatic rings. The molecule has 7 heteroatoms. The summed E-state index contributed by atoms with van der Waals surface area (Å²) < 4.78 is 0. The minimum absolute atomic E-state index is 0. The van der Waals surface area contributed by atoms with Gasteiger partial charge in [-0.2, -0.15) is 0 Å². The molecule has 0 amide bonds. The fourth-order valence-corrected chi connectivity index (χ4v) is 8.71. The van der Waals surface area contributed by atoms with Crippen molar-refractivity contribution in [3.05, 3.63) is 186 Å². The van der Waals surface area contributed by atoms with E-state index in [0.717, 1.165) is 0 Å². The summed E-state index contributed by atoms with van der Waals surface area (Å²) in [5.41, 5.74) is 5.71. The molecule has 0 N–H and O–H groups in total. The summed E-state index contributed by atoms with van der Waals surface area (Å²) in [6.07, 6.45) is 34.8. The van der Waals surface area contributed by atoms with Crippen LogP contribution in [0.15, 0.2) is 60.7 Å². The fraction of sp³-hybridized carbons (Fsp3) is 0. The molecule has 0 aliphatic heterocycles. The number of hydrogen-bond acceptors (Lipinski definition) is 0. The molecule has 4 aliphatic carbocycles. The molecule has 2 aromatic carbocycles. The summed E-state index contributed by atoms with van der Waals surface area (Å²) in [6.45, 7) is 0. The average Bonchev–Trinajstić information content (AvgIpc) is 3.77. The van der Waals surface area contributed by atoms with E-state index in [9.17, 15) is 0 Å². The zero-order valence-electron chi connectivity index (χ0n) is 20.7. The number of hydrogen-bond donors (Lipinski definition) is 0. The van der Waals surface area contributed by atoms with Crippen molar-refractivity contribution < 1.29 is 50.1 Å². The van der Waals surface area contributed by atoms with Gasteiger partial charge in [-0.15, -0.1) is 0 Å². The molecule has 6 rings (SSSR count). The third kappa shape index (κ3) is 11.5. The second kappa shape index (κ2) is 21.3. The van der Waals surface area contributed by atoms with Crippen LogP contribution >= 0.6 is 34.9 Å². The van der Waals surface area contributed by atoms with E-state index in [1.165, 1.54) is 33.2 Å². The molecular formula is C32H26Cl2Fe2P2Pd+4. The number of benzene rings is 2. The van der Waals surface area contributed by atoms with Crippen molar-refractivity contribution in [3.8, 4) is 0 Å². The quantitative estimate of drug-likeness (QED) is 0.205. The Kier molecular flexibility index (Phi) is 20.1. The van der Waals surface area contributed by atoms with Crippen molar-refractivity contribution in [2.45, 2.75) is 0 Å². The van der Waals surface area contributed by atoms with Gasteiger partial charge in [-0.25, -0.2) is 0 Å². The van der Waals surface area contributed by atoms with Gasteiger partial charge in [0.1, 0.15) is 0 Å². The Morgan fingerprint density at radius 2 is 0.590 bits per heavy atom. The van der Waals surface area contributed by atoms with Crippen LogP contribution in [-0.4, -0.2) is 0 Å². The normalized spacial score (nSPS) is 20.3. The zero-order chi connectivity index (χ0) is 25.7. The van der Waals surface area contributed by atoms with Crippen LogP contribution < -0.4 is 10.6 Å². The van der Waals surface area contributed by atoms with Crippen LogP contribution in [-0.2, 0) is 50.1 Å². The molecule has 0 saturated heterocycles. The first-order chi connectivity index (χ1) is 18.3. The average molecular weight is 762 g/mol. The van der Waals surface area contributed by atoms with Crippen molar-refractivity contribution in [1.29, 1.82) is 0 Å². The molecule has 39 heavy (non-hydrogen) atoms. The first-order valence-electron chi connectivity index (χ1n) is 11.7. The van der Waals surface area contributed by atoms with E-state index in [4.69, 9.17) is 19.1 Å². The molecule has 0 bridgehead atoms. The number of halogens is 2. The monoisotopic (exact) mass is 760 g/mol. The third-order valence-corrected chi connectivity index (χ3v) is 10.5. The SMILES string of the molecule is [CH]1[CH][CH][C](P([C]2[CH][CH][CH][CH]2)c2ccccc2)[CH]1.[CH]1[CH][CH][C](P([C]2[CH][CH][CH][CH]2)c2ccccc2)[CH]1.[Cl][Pd][Cl].[Fe+2].[Fe+2]. The predicted octanol–water partition coefficient (Wildman–Crippen LogP) is 8.41. The van der Waals surface area contributed by atoms with Gasteiger partial charge >= 0.3 is 69.1 Å². The fourth-order valence-electron chi connectivity index (χ4n) is 4.10. The Bertz CT molecular complexity index is 751. The Labute approximate surface area is 279 Å². The maximum atomic E-state index is 4.81. The second-order valence-electron chi connectivity index (χ2n) is 7.96. The van der Waals surface area contributed by atoms with Gasteiger partial charge in [0, 0.05) is 22.6 Å². The summed E-state index contributed by atoms with van der Waals surface area (Å²) in [5, 5.41) is 2.83. The van der Waals surface area contributed by atoms with Gasteiger partial charge in [0.25, 0.3) is 0 Å². The topological polar surface area (TPSA) is 0 Å². The van der Waals surface area contributed by atoms with Crippen molar-refractivity contribution in [2.24, 2.45) is 0 Å². The van der Waals surface area contributed by atoms with Gasteiger partial charge in [0.05, 0.1) is 0 Å². The van der Waals surface area contributed by atoms with Crippen LogP contribution in [0.4, 0.5) is 0 Å². The minimum Gasteiger partial charge on any atom is 2.00 e. The molecule has 4 fully saturated rings. The standard InChI is InChI=1S/2C16H13P.2ClH.2Fe.Pd/c2*1-2-8-14(9-3-1)17(15-10-4-5-11-15)16-12-6-7-13-16;;;;;/h2*1-13H;2*1H;;;/q;;;;3*+2/p-2. The Morgan fingerprint density at radius 1 is 0.385 bits per heavy atom. The van der Waals surface area contributed by atoms with E-state index in [1.807, 2.05) is 0 Å². The first-order valence-corrected chi connectivity index (χ1v) is 18.4. The van der Waals surface area contributed by atoms with E-state index < -0.39 is 0 Å². The molecular weight excluding hydrogens is 735 g/mol. The summed E-state index contributed by atoms with van der Waals surface area (Å²) >= 11 is -0.106. The van der Waals surface area contributed by atoms with Crippen molar-refractivity contribution in [3.63, 3.8) is 0 Å². The number of rotatable bonds is 6. The van der Waals surface area contributed by atoms with Gasteiger partial charge in [-0.1, -0.05) is 76.5 Å². The van der Waals surface area contributed by atoms with Crippen LogP contribution in [0.1, 0.15) is 0 Å². The largest absolute Gasteiger partial charge is 2.00 e. The molecule has 0 heterocycles. The Hall–Kier alpha value is 1.58. The Balaban J connectivity index is 0.000000238. The first kappa shape index (κ1) is 36.8. The maximum Gasteiger partial charge on any atom is 2.00 e. The van der Waals surface area contributed by atoms with Gasteiger partial charge in [0.2, 0.25) is 0 Å². The second-order valence-corrected chi connectivity index (χ2v) is 14.8. The summed E-state index contributed by atoms with van der Waals surface area (Å²) in [5.74, 6) is 0. The maximum absolute atomic E-state index is 4.81. The molecule has 20 radical (unpaired) electrons. The summed E-state index contributed by atoms with van der Waals surface area (Å²) in [7, 11) is 8.88. The van der Waals surface area contributed by atoms with Gasteiger partial charge in [-0.05, 0) is 113 Å². The van der Waals surface area contributed by atoms with Gasteiger partial charge in [0.15, 0.2) is 0 Å². The van der Waals surface area contributed by atoms with E-state index in [0.29, 0.717) is 0 Å². The smallest absolute Gasteiger partial charge is 2.00 e. The van der Waals surface area contributed by atoms with Crippen LogP contribution in [0, 0.1) is 125 Å². The van der Waals surface area contributed by atoms with E-state index in [-0.39, 0.29) is 65.9 Å². The van der Waals surface area contributed by atoms with Crippen LogP contribution in [0.25, 0.3) is 0 Å². The predicted molar refractivity (Wildman–Crippen MR) is 159 cm³/mol. The molecule has 0 atom stereocenters. The Morgan fingerprint density at radius 3 is 0.795 bits per heavy atom. The molecule has 0 spiro atoms. The summed E-state index contributed by atoms with van der Waals surface area (Å²) in [4.78, 5) is 0. The van der Waals surface area contributed by atoms with Crippen LogP contribution in [0.3, 0.4) is 0 Å². The van der Waals surface area contributed by atoms with Crippen molar-refractivity contribution >= 4 is 45.5 Å². The van der Waals surface area contributed by atoms with Crippen LogP contribution in [0.2, 0.25) is 0 Å². The molecule has 4 saturated carbocycles. The van der Waals surface area contributed by atoms with Crippen LogP contribution in [0.5, 0.6) is 0 Å². The van der Waals surface area contributed by atoms with E-state index >= 15 is 0 Å². The van der Waals surface area contributed by atoms with E-state index in [2.05, 4.69) is 163 Å². The minimum atomic E-state index is -0.372. The molecule has 2 aromatic rings.